The molecule has 7 heteroatoms. The molecule has 1 aliphatic rings. The molecule has 2 aromatic carbocycles. The highest BCUT2D eigenvalue weighted by Gasteiger charge is 2.23. The molecule has 1 fully saturated rings. The zero-order valence-electron chi connectivity index (χ0n) is 18.7. The molecule has 1 aliphatic heterocycles. The number of thiophene rings is 1. The first kappa shape index (κ1) is 22.6. The molecule has 1 aromatic heterocycles. The van der Waals surface area contributed by atoms with Crippen molar-refractivity contribution in [1.29, 1.82) is 0 Å². The molecule has 0 atom stereocenters. The Morgan fingerprint density at radius 3 is 2.41 bits per heavy atom. The van der Waals surface area contributed by atoms with Crippen LogP contribution in [0.15, 0.2) is 47.8 Å². The molecule has 0 saturated carbocycles. The van der Waals surface area contributed by atoms with E-state index in [1.807, 2.05) is 4.90 Å². The molecule has 4 rings (SSSR count). The third-order valence-corrected chi connectivity index (χ3v) is 6.76. The number of piperazine rings is 1. The quantitative estimate of drug-likeness (QED) is 0.459. The molecule has 1 saturated heterocycles. The number of fused-ring (bicyclic) bond motifs is 1. The maximum Gasteiger partial charge on any atom is 0.254 e. The minimum absolute atomic E-state index is 0.0145. The summed E-state index contributed by atoms with van der Waals surface area (Å²) in [7, 11) is 3.18. The second kappa shape index (κ2) is 10.8. The molecule has 1 amide bonds. The van der Waals surface area contributed by atoms with Gasteiger partial charge in [-0.3, -0.25) is 9.69 Å². The fraction of sp³-hybridized carbons (Fsp3) is 0.400. The number of ether oxygens (including phenoxy) is 3. The van der Waals surface area contributed by atoms with E-state index in [1.54, 1.807) is 43.8 Å². The molecule has 0 bridgehead atoms. The average molecular weight is 455 g/mol. The van der Waals surface area contributed by atoms with Crippen LogP contribution in [-0.2, 0) is 11.2 Å². The van der Waals surface area contributed by atoms with Gasteiger partial charge in [-0.05, 0) is 47.0 Å². The van der Waals surface area contributed by atoms with Crippen molar-refractivity contribution in [3.05, 3.63) is 59.0 Å². The minimum Gasteiger partial charge on any atom is -0.497 e. The third kappa shape index (κ3) is 5.59. The van der Waals surface area contributed by atoms with Crippen molar-refractivity contribution in [3.8, 4) is 11.5 Å². The lowest BCUT2D eigenvalue weighted by Crippen LogP contribution is -2.49. The Kier molecular flexibility index (Phi) is 7.63. The van der Waals surface area contributed by atoms with Gasteiger partial charge >= 0.3 is 0 Å². The van der Waals surface area contributed by atoms with Crippen molar-refractivity contribution in [2.45, 2.75) is 6.42 Å². The van der Waals surface area contributed by atoms with E-state index in [0.717, 1.165) is 32.7 Å². The number of carbonyl (C=O) groups excluding carboxylic acids is 1. The molecular formula is C25H30N2O4S. The van der Waals surface area contributed by atoms with Gasteiger partial charge in [0.25, 0.3) is 5.91 Å². The van der Waals surface area contributed by atoms with E-state index in [0.29, 0.717) is 36.8 Å². The summed E-state index contributed by atoms with van der Waals surface area (Å²) in [5, 5.41) is 3.44. The summed E-state index contributed by atoms with van der Waals surface area (Å²) in [6.45, 7) is 5.44. The lowest BCUT2D eigenvalue weighted by atomic mass is 10.1. The van der Waals surface area contributed by atoms with E-state index in [9.17, 15) is 4.79 Å². The molecule has 6 nitrogen and oxygen atoms in total. The first-order chi connectivity index (χ1) is 15.7. The first-order valence-corrected chi connectivity index (χ1v) is 11.8. The van der Waals surface area contributed by atoms with Gasteiger partial charge in [-0.1, -0.05) is 12.1 Å². The summed E-state index contributed by atoms with van der Waals surface area (Å²) in [6, 6.07) is 14.1. The fourth-order valence-electron chi connectivity index (χ4n) is 3.95. The summed E-state index contributed by atoms with van der Waals surface area (Å²) in [4.78, 5) is 17.2. The largest absolute Gasteiger partial charge is 0.497 e. The van der Waals surface area contributed by atoms with Gasteiger partial charge in [0.2, 0.25) is 0 Å². The highest BCUT2D eigenvalue weighted by molar-refractivity contribution is 7.17. The van der Waals surface area contributed by atoms with Crippen LogP contribution in [0.3, 0.4) is 0 Å². The molecular weight excluding hydrogens is 424 g/mol. The van der Waals surface area contributed by atoms with Crippen LogP contribution in [0, 0.1) is 0 Å². The molecule has 0 radical (unpaired) electrons. The molecule has 2 heterocycles. The topological polar surface area (TPSA) is 51.2 Å². The van der Waals surface area contributed by atoms with Crippen LogP contribution in [-0.4, -0.2) is 75.9 Å². The van der Waals surface area contributed by atoms with Gasteiger partial charge in [0, 0.05) is 49.1 Å². The van der Waals surface area contributed by atoms with E-state index in [-0.39, 0.29) is 5.91 Å². The van der Waals surface area contributed by atoms with E-state index < -0.39 is 0 Å². The van der Waals surface area contributed by atoms with Crippen molar-refractivity contribution in [2.75, 3.05) is 60.2 Å². The van der Waals surface area contributed by atoms with Crippen LogP contribution in [0.25, 0.3) is 10.1 Å². The molecule has 0 spiro atoms. The van der Waals surface area contributed by atoms with Gasteiger partial charge in [-0.25, -0.2) is 0 Å². The van der Waals surface area contributed by atoms with Gasteiger partial charge < -0.3 is 19.1 Å². The maximum atomic E-state index is 12.9. The number of benzene rings is 2. The lowest BCUT2D eigenvalue weighted by molar-refractivity contribution is 0.0554. The number of rotatable bonds is 9. The zero-order valence-corrected chi connectivity index (χ0v) is 19.5. The molecule has 0 N–H and O–H groups in total. The normalized spacial score (nSPS) is 14.6. The van der Waals surface area contributed by atoms with Crippen LogP contribution in [0.4, 0.5) is 0 Å². The van der Waals surface area contributed by atoms with Crippen molar-refractivity contribution < 1.29 is 19.0 Å². The SMILES string of the molecule is COc1cc(OC)cc(C(=O)N2CCN(CCOCCc3ccc4sccc4c3)CC2)c1. The second-order valence-electron chi connectivity index (χ2n) is 7.89. The number of hydrogen-bond acceptors (Lipinski definition) is 6. The van der Waals surface area contributed by atoms with E-state index in [2.05, 4.69) is 34.5 Å². The maximum absolute atomic E-state index is 12.9. The average Bonchev–Trinajstić information content (AvgIpc) is 3.31. The van der Waals surface area contributed by atoms with Crippen molar-refractivity contribution in [3.63, 3.8) is 0 Å². The lowest BCUT2D eigenvalue weighted by Gasteiger charge is -2.34. The van der Waals surface area contributed by atoms with Gasteiger partial charge in [0.1, 0.15) is 11.5 Å². The minimum atomic E-state index is 0.0145. The van der Waals surface area contributed by atoms with Crippen molar-refractivity contribution in [1.82, 2.24) is 9.80 Å². The Morgan fingerprint density at radius 2 is 1.69 bits per heavy atom. The summed E-state index contributed by atoms with van der Waals surface area (Å²) >= 11 is 1.78. The molecule has 0 aliphatic carbocycles. The van der Waals surface area contributed by atoms with Crippen LogP contribution < -0.4 is 9.47 Å². The summed E-state index contributed by atoms with van der Waals surface area (Å²) in [5.74, 6) is 1.26. The Labute approximate surface area is 193 Å². The predicted molar refractivity (Wildman–Crippen MR) is 128 cm³/mol. The number of nitrogens with zero attached hydrogens (tertiary/aromatic N) is 2. The standard InChI is InChI=1S/C25H30N2O4S/c1-29-22-16-21(17-23(18-22)30-2)25(28)27-9-7-26(8-10-27)11-13-31-12-5-19-3-4-24-20(15-19)6-14-32-24/h3-4,6,14-18H,5,7-13H2,1-2H3. The van der Waals surface area contributed by atoms with E-state index in [1.165, 1.54) is 15.6 Å². The van der Waals surface area contributed by atoms with Gasteiger partial charge in [0.15, 0.2) is 0 Å². The van der Waals surface area contributed by atoms with Gasteiger partial charge in [-0.15, -0.1) is 11.3 Å². The Balaban J connectivity index is 1.17. The summed E-state index contributed by atoms with van der Waals surface area (Å²) in [5.41, 5.74) is 1.91. The predicted octanol–water partition coefficient (Wildman–Crippen LogP) is 3.94. The zero-order chi connectivity index (χ0) is 22.3. The van der Waals surface area contributed by atoms with Gasteiger partial charge in [0.05, 0.1) is 27.4 Å². The van der Waals surface area contributed by atoms with E-state index >= 15 is 0 Å². The van der Waals surface area contributed by atoms with Gasteiger partial charge in [-0.2, -0.15) is 0 Å². The molecule has 32 heavy (non-hydrogen) atoms. The fourth-order valence-corrected chi connectivity index (χ4v) is 4.72. The number of carbonyl (C=O) groups is 1. The van der Waals surface area contributed by atoms with Crippen molar-refractivity contribution >= 4 is 27.3 Å². The smallest absolute Gasteiger partial charge is 0.254 e. The Bertz CT molecular complexity index is 1020. The van der Waals surface area contributed by atoms with Crippen LogP contribution in [0.5, 0.6) is 11.5 Å². The number of methoxy groups -OCH3 is 2. The highest BCUT2D eigenvalue weighted by atomic mass is 32.1. The van der Waals surface area contributed by atoms with Crippen molar-refractivity contribution in [2.24, 2.45) is 0 Å². The molecule has 0 unspecified atom stereocenters. The van der Waals surface area contributed by atoms with Crippen LogP contribution in [0.1, 0.15) is 15.9 Å². The number of hydrogen-bond donors (Lipinski definition) is 0. The summed E-state index contributed by atoms with van der Waals surface area (Å²) in [6.07, 6.45) is 0.929. The monoisotopic (exact) mass is 454 g/mol. The Morgan fingerprint density at radius 1 is 0.938 bits per heavy atom. The number of amides is 1. The first-order valence-electron chi connectivity index (χ1n) is 10.9. The van der Waals surface area contributed by atoms with Crippen LogP contribution in [0.2, 0.25) is 0 Å². The molecule has 170 valence electrons. The highest BCUT2D eigenvalue weighted by Crippen LogP contribution is 2.24. The Hall–Kier alpha value is -2.61. The summed E-state index contributed by atoms with van der Waals surface area (Å²) < 4.78 is 17.8. The second-order valence-corrected chi connectivity index (χ2v) is 8.84. The molecule has 3 aromatic rings. The van der Waals surface area contributed by atoms with Crippen LogP contribution >= 0.6 is 11.3 Å². The third-order valence-electron chi connectivity index (χ3n) is 5.86. The van der Waals surface area contributed by atoms with E-state index in [4.69, 9.17) is 14.2 Å².